The summed E-state index contributed by atoms with van der Waals surface area (Å²) in [7, 11) is 3.25. The molecule has 0 aliphatic heterocycles. The van der Waals surface area contributed by atoms with Crippen molar-refractivity contribution in [2.24, 2.45) is 0 Å². The molecule has 2 aromatic heterocycles. The van der Waals surface area contributed by atoms with Crippen LogP contribution >= 0.6 is 11.3 Å². The van der Waals surface area contributed by atoms with E-state index in [1.54, 1.807) is 20.4 Å². The minimum atomic E-state index is -0.848. The summed E-state index contributed by atoms with van der Waals surface area (Å²) in [5.41, 5.74) is 2.58. The van der Waals surface area contributed by atoms with Crippen LogP contribution in [0.2, 0.25) is 0 Å². The molecule has 0 saturated carbocycles. The molecular weight excluding hydrogens is 316 g/mol. The first-order valence-electron chi connectivity index (χ1n) is 6.94. The number of thiazole rings is 1. The lowest BCUT2D eigenvalue weighted by Gasteiger charge is -2.11. The molecule has 1 aromatic carbocycles. The number of imidazole rings is 1. The molecule has 0 bridgehead atoms. The van der Waals surface area contributed by atoms with E-state index < -0.39 is 5.97 Å². The summed E-state index contributed by atoms with van der Waals surface area (Å²) in [5, 5.41) is 8.86. The number of hydrogen-bond donors (Lipinski definition) is 1. The summed E-state index contributed by atoms with van der Waals surface area (Å²) in [6, 6.07) is 3.82. The molecule has 0 radical (unpaired) electrons. The molecule has 0 unspecified atom stereocenters. The van der Waals surface area contributed by atoms with Crippen molar-refractivity contribution < 1.29 is 19.4 Å². The molecule has 23 heavy (non-hydrogen) atoms. The molecule has 7 heteroatoms. The molecule has 0 aliphatic carbocycles. The normalized spacial score (nSPS) is 10.9. The minimum Gasteiger partial charge on any atom is -0.496 e. The maximum absolute atomic E-state index is 10.8. The first kappa shape index (κ1) is 15.4. The van der Waals surface area contributed by atoms with Crippen LogP contribution in [0.15, 0.2) is 24.5 Å². The van der Waals surface area contributed by atoms with Gasteiger partial charge in [-0.3, -0.25) is 9.20 Å². The van der Waals surface area contributed by atoms with Gasteiger partial charge in [0, 0.05) is 22.8 Å². The second kappa shape index (κ2) is 5.92. The number of carboxylic acid groups (broad SMARTS) is 1. The fourth-order valence-corrected chi connectivity index (χ4v) is 3.41. The molecular formula is C16H16N2O4S. The Balaban J connectivity index is 2.06. The van der Waals surface area contributed by atoms with E-state index in [0.717, 1.165) is 38.2 Å². The van der Waals surface area contributed by atoms with Crippen molar-refractivity contribution in [1.82, 2.24) is 9.38 Å². The zero-order chi connectivity index (χ0) is 16.6. The SMILES string of the molecule is COc1cc(-c2cn3cc(CC(=O)O)sc3n2)c(OC)cc1C. The lowest BCUT2D eigenvalue weighted by molar-refractivity contribution is -0.136. The second-order valence-corrected chi connectivity index (χ2v) is 6.20. The molecule has 0 atom stereocenters. The van der Waals surface area contributed by atoms with Gasteiger partial charge in [-0.2, -0.15) is 0 Å². The molecule has 6 nitrogen and oxygen atoms in total. The van der Waals surface area contributed by atoms with Crippen molar-refractivity contribution in [3.05, 3.63) is 35.0 Å². The largest absolute Gasteiger partial charge is 0.496 e. The highest BCUT2D eigenvalue weighted by Gasteiger charge is 2.15. The van der Waals surface area contributed by atoms with Gasteiger partial charge in [-0.05, 0) is 24.6 Å². The third kappa shape index (κ3) is 2.87. The van der Waals surface area contributed by atoms with Crippen LogP contribution in [0.3, 0.4) is 0 Å². The van der Waals surface area contributed by atoms with Crippen LogP contribution in [0.1, 0.15) is 10.4 Å². The van der Waals surface area contributed by atoms with Crippen molar-refractivity contribution >= 4 is 22.3 Å². The average molecular weight is 332 g/mol. The Labute approximate surface area is 136 Å². The highest BCUT2D eigenvalue weighted by Crippen LogP contribution is 2.36. The number of aliphatic carboxylic acids is 1. The van der Waals surface area contributed by atoms with E-state index in [2.05, 4.69) is 4.98 Å². The molecule has 3 rings (SSSR count). The minimum absolute atomic E-state index is 0.00500. The third-order valence-corrected chi connectivity index (χ3v) is 4.52. The monoisotopic (exact) mass is 332 g/mol. The summed E-state index contributed by atoms with van der Waals surface area (Å²) >= 11 is 1.37. The summed E-state index contributed by atoms with van der Waals surface area (Å²) in [6.45, 7) is 1.95. The average Bonchev–Trinajstić information content (AvgIpc) is 3.04. The number of carbonyl (C=O) groups is 1. The van der Waals surface area contributed by atoms with Gasteiger partial charge in [0.05, 0.1) is 26.3 Å². The van der Waals surface area contributed by atoms with Crippen LogP contribution in [-0.4, -0.2) is 34.7 Å². The summed E-state index contributed by atoms with van der Waals surface area (Å²) in [4.78, 5) is 16.9. The summed E-state index contributed by atoms with van der Waals surface area (Å²) in [5.74, 6) is 0.642. The third-order valence-electron chi connectivity index (χ3n) is 3.52. The van der Waals surface area contributed by atoms with Crippen molar-refractivity contribution in [3.8, 4) is 22.8 Å². The number of methoxy groups -OCH3 is 2. The van der Waals surface area contributed by atoms with Crippen molar-refractivity contribution in [2.45, 2.75) is 13.3 Å². The Morgan fingerprint density at radius 1 is 1.26 bits per heavy atom. The quantitative estimate of drug-likeness (QED) is 0.777. The van der Waals surface area contributed by atoms with Gasteiger partial charge < -0.3 is 14.6 Å². The van der Waals surface area contributed by atoms with Crippen molar-refractivity contribution in [3.63, 3.8) is 0 Å². The standard InChI is InChI=1S/C16H16N2O4S/c1-9-4-14(22-3)11(6-13(9)21-2)12-8-18-7-10(5-15(19)20)23-16(18)17-12/h4,6-8H,5H2,1-3H3,(H,19,20). The number of aromatic nitrogens is 2. The lowest BCUT2D eigenvalue weighted by Crippen LogP contribution is -1.97. The first-order valence-corrected chi connectivity index (χ1v) is 7.75. The maximum Gasteiger partial charge on any atom is 0.308 e. The number of rotatable bonds is 5. The van der Waals surface area contributed by atoms with Crippen molar-refractivity contribution in [2.75, 3.05) is 14.2 Å². The van der Waals surface area contributed by atoms with Gasteiger partial charge in [0.25, 0.3) is 0 Å². The zero-order valence-electron chi connectivity index (χ0n) is 13.0. The molecule has 2 heterocycles. The molecule has 1 N–H and O–H groups in total. The fraction of sp³-hybridized carbons (Fsp3) is 0.250. The number of fused-ring (bicyclic) bond motifs is 1. The van der Waals surface area contributed by atoms with Gasteiger partial charge >= 0.3 is 5.97 Å². The van der Waals surface area contributed by atoms with E-state index >= 15 is 0 Å². The van der Waals surface area contributed by atoms with Gasteiger partial charge in [-0.15, -0.1) is 11.3 Å². The first-order chi connectivity index (χ1) is 11.0. The van der Waals surface area contributed by atoms with Crippen LogP contribution in [0.5, 0.6) is 11.5 Å². The Bertz CT molecular complexity index is 850. The number of aryl methyl sites for hydroxylation is 1. The second-order valence-electron chi connectivity index (χ2n) is 5.11. The Morgan fingerprint density at radius 2 is 2.00 bits per heavy atom. The van der Waals surface area contributed by atoms with E-state index in [1.165, 1.54) is 11.3 Å². The molecule has 0 fully saturated rings. The van der Waals surface area contributed by atoms with Crippen molar-refractivity contribution in [1.29, 1.82) is 0 Å². The Morgan fingerprint density at radius 3 is 2.61 bits per heavy atom. The van der Waals surface area contributed by atoms with E-state index in [1.807, 2.05) is 29.7 Å². The van der Waals surface area contributed by atoms with E-state index in [0.29, 0.717) is 0 Å². The predicted molar refractivity (Wildman–Crippen MR) is 87.7 cm³/mol. The fourth-order valence-electron chi connectivity index (χ4n) is 2.45. The number of hydrogen-bond acceptors (Lipinski definition) is 5. The van der Waals surface area contributed by atoms with Crippen LogP contribution in [0, 0.1) is 6.92 Å². The zero-order valence-corrected chi connectivity index (χ0v) is 13.8. The molecule has 0 aliphatic rings. The Kier molecular flexibility index (Phi) is 3.96. The topological polar surface area (TPSA) is 73.1 Å². The van der Waals surface area contributed by atoms with Gasteiger partial charge in [-0.1, -0.05) is 0 Å². The van der Waals surface area contributed by atoms with Gasteiger partial charge in [0.2, 0.25) is 0 Å². The van der Waals surface area contributed by atoms with Gasteiger partial charge in [0.1, 0.15) is 11.5 Å². The van der Waals surface area contributed by atoms with Gasteiger partial charge in [0.15, 0.2) is 4.96 Å². The number of carboxylic acids is 1. The summed E-state index contributed by atoms with van der Waals surface area (Å²) < 4.78 is 12.7. The summed E-state index contributed by atoms with van der Waals surface area (Å²) in [6.07, 6.45) is 3.66. The van der Waals surface area contributed by atoms with E-state index in [9.17, 15) is 4.79 Å². The predicted octanol–water partition coefficient (Wildman–Crippen LogP) is 3.02. The number of benzene rings is 1. The van der Waals surface area contributed by atoms with E-state index in [4.69, 9.17) is 14.6 Å². The Hall–Kier alpha value is -2.54. The lowest BCUT2D eigenvalue weighted by atomic mass is 10.1. The number of ether oxygens (including phenoxy) is 2. The maximum atomic E-state index is 10.8. The molecule has 3 aromatic rings. The highest BCUT2D eigenvalue weighted by molar-refractivity contribution is 7.17. The van der Waals surface area contributed by atoms with Gasteiger partial charge in [-0.25, -0.2) is 4.98 Å². The highest BCUT2D eigenvalue weighted by atomic mass is 32.1. The van der Waals surface area contributed by atoms with Crippen LogP contribution < -0.4 is 9.47 Å². The van der Waals surface area contributed by atoms with Crippen LogP contribution in [0.4, 0.5) is 0 Å². The molecule has 0 spiro atoms. The molecule has 0 amide bonds. The number of nitrogens with zero attached hydrogens (tertiary/aromatic N) is 2. The molecule has 120 valence electrons. The van der Waals surface area contributed by atoms with E-state index in [-0.39, 0.29) is 6.42 Å². The molecule has 0 saturated heterocycles. The van der Waals surface area contributed by atoms with Crippen LogP contribution in [0.25, 0.3) is 16.2 Å². The smallest absolute Gasteiger partial charge is 0.308 e. The van der Waals surface area contributed by atoms with Crippen LogP contribution in [-0.2, 0) is 11.2 Å².